The molecule has 0 amide bonds. The molecule has 0 aromatic heterocycles. The van der Waals surface area contributed by atoms with Gasteiger partial charge < -0.3 is 14.2 Å². The minimum atomic E-state index is -0.517. The Bertz CT molecular complexity index is 515. The Labute approximate surface area is 124 Å². The van der Waals surface area contributed by atoms with E-state index in [9.17, 15) is 4.79 Å². The molecule has 0 radical (unpaired) electrons. The van der Waals surface area contributed by atoms with Crippen LogP contribution in [0, 0.1) is 0 Å². The molecule has 0 saturated carbocycles. The molecule has 0 N–H and O–H groups in total. The van der Waals surface area contributed by atoms with Gasteiger partial charge in [0, 0.05) is 6.08 Å². The lowest BCUT2D eigenvalue weighted by Crippen LogP contribution is -2.22. The zero-order valence-electron chi connectivity index (χ0n) is 12.3. The fraction of sp³-hybridized carbons (Fsp3) is 0.400. The second-order valence-electron chi connectivity index (χ2n) is 5.11. The summed E-state index contributed by atoms with van der Waals surface area (Å²) in [4.78, 5) is 11.6. The SMILES string of the molecule is COc1cc(/C=C/C(=O)OC(C)(C)C)cc(Cl)c1OC. The van der Waals surface area contributed by atoms with Crippen molar-refractivity contribution in [1.29, 1.82) is 0 Å². The van der Waals surface area contributed by atoms with E-state index in [4.69, 9.17) is 25.8 Å². The maximum Gasteiger partial charge on any atom is 0.331 e. The number of halogens is 1. The number of benzene rings is 1. The van der Waals surface area contributed by atoms with Gasteiger partial charge in [-0.15, -0.1) is 0 Å². The van der Waals surface area contributed by atoms with Crippen LogP contribution < -0.4 is 9.47 Å². The smallest absolute Gasteiger partial charge is 0.331 e. The quantitative estimate of drug-likeness (QED) is 0.628. The molecule has 0 atom stereocenters. The predicted octanol–water partition coefficient (Wildman–Crippen LogP) is 3.71. The highest BCUT2D eigenvalue weighted by Crippen LogP contribution is 2.36. The summed E-state index contributed by atoms with van der Waals surface area (Å²) in [7, 11) is 3.04. The van der Waals surface area contributed by atoms with Crippen LogP contribution in [0.4, 0.5) is 0 Å². The largest absolute Gasteiger partial charge is 0.493 e. The van der Waals surface area contributed by atoms with E-state index in [0.717, 1.165) is 5.56 Å². The van der Waals surface area contributed by atoms with E-state index in [1.165, 1.54) is 20.3 Å². The number of hydrogen-bond donors (Lipinski definition) is 0. The normalized spacial score (nSPS) is 11.5. The van der Waals surface area contributed by atoms with Crippen LogP contribution in [-0.4, -0.2) is 25.8 Å². The van der Waals surface area contributed by atoms with E-state index in [2.05, 4.69) is 0 Å². The fourth-order valence-corrected chi connectivity index (χ4v) is 1.83. The molecule has 1 rings (SSSR count). The Balaban J connectivity index is 2.93. The maximum absolute atomic E-state index is 11.6. The van der Waals surface area contributed by atoms with Gasteiger partial charge in [0.25, 0.3) is 0 Å². The molecular formula is C15H19ClO4. The third-order valence-electron chi connectivity index (χ3n) is 2.27. The van der Waals surface area contributed by atoms with Crippen molar-refractivity contribution in [2.45, 2.75) is 26.4 Å². The van der Waals surface area contributed by atoms with Crippen molar-refractivity contribution in [3.05, 3.63) is 28.8 Å². The van der Waals surface area contributed by atoms with E-state index in [-0.39, 0.29) is 0 Å². The van der Waals surface area contributed by atoms with E-state index in [1.807, 2.05) is 20.8 Å². The average molecular weight is 299 g/mol. The molecule has 0 unspecified atom stereocenters. The molecule has 1 aromatic carbocycles. The Morgan fingerprint density at radius 1 is 1.20 bits per heavy atom. The van der Waals surface area contributed by atoms with Gasteiger partial charge >= 0.3 is 5.97 Å². The fourth-order valence-electron chi connectivity index (χ4n) is 1.53. The van der Waals surface area contributed by atoms with Crippen LogP contribution in [0.3, 0.4) is 0 Å². The summed E-state index contributed by atoms with van der Waals surface area (Å²) >= 11 is 6.08. The van der Waals surface area contributed by atoms with Crippen molar-refractivity contribution >= 4 is 23.6 Å². The van der Waals surface area contributed by atoms with Gasteiger partial charge in [0.15, 0.2) is 11.5 Å². The summed E-state index contributed by atoms with van der Waals surface area (Å²) in [6.45, 7) is 5.43. The molecule has 0 aliphatic rings. The molecule has 5 heteroatoms. The third kappa shape index (κ3) is 4.78. The lowest BCUT2D eigenvalue weighted by Gasteiger charge is -2.17. The molecule has 0 aliphatic heterocycles. The number of rotatable bonds is 4. The summed E-state index contributed by atoms with van der Waals surface area (Å²) in [6, 6.07) is 3.41. The summed E-state index contributed by atoms with van der Waals surface area (Å²) in [5, 5.41) is 0.413. The van der Waals surface area contributed by atoms with Gasteiger partial charge in [0.1, 0.15) is 5.60 Å². The number of hydrogen-bond acceptors (Lipinski definition) is 4. The van der Waals surface area contributed by atoms with E-state index in [0.29, 0.717) is 16.5 Å². The lowest BCUT2D eigenvalue weighted by atomic mass is 10.1. The van der Waals surface area contributed by atoms with Crippen molar-refractivity contribution in [3.63, 3.8) is 0 Å². The second-order valence-corrected chi connectivity index (χ2v) is 5.51. The first-order valence-electron chi connectivity index (χ1n) is 6.09. The van der Waals surface area contributed by atoms with Crippen LogP contribution >= 0.6 is 11.6 Å². The van der Waals surface area contributed by atoms with Crippen LogP contribution in [0.25, 0.3) is 6.08 Å². The zero-order valence-corrected chi connectivity index (χ0v) is 13.1. The first kappa shape index (κ1) is 16.4. The van der Waals surface area contributed by atoms with Gasteiger partial charge in [-0.2, -0.15) is 0 Å². The average Bonchev–Trinajstić information content (AvgIpc) is 2.33. The molecule has 20 heavy (non-hydrogen) atoms. The number of ether oxygens (including phenoxy) is 3. The van der Waals surface area contributed by atoms with E-state index < -0.39 is 11.6 Å². The monoisotopic (exact) mass is 298 g/mol. The highest BCUT2D eigenvalue weighted by atomic mass is 35.5. The number of carbonyl (C=O) groups is 1. The Hall–Kier alpha value is -1.68. The van der Waals surface area contributed by atoms with Crippen molar-refractivity contribution < 1.29 is 19.0 Å². The lowest BCUT2D eigenvalue weighted by molar-refractivity contribution is -0.148. The highest BCUT2D eigenvalue weighted by Gasteiger charge is 2.14. The predicted molar refractivity (Wildman–Crippen MR) is 79.4 cm³/mol. The molecule has 0 heterocycles. The van der Waals surface area contributed by atoms with Gasteiger partial charge in [-0.25, -0.2) is 4.79 Å². The van der Waals surface area contributed by atoms with Gasteiger partial charge in [0.2, 0.25) is 0 Å². The second kappa shape index (κ2) is 6.66. The third-order valence-corrected chi connectivity index (χ3v) is 2.56. The summed E-state index contributed by atoms with van der Waals surface area (Å²) in [5.41, 5.74) is 0.204. The van der Waals surface area contributed by atoms with Crippen LogP contribution in [0.15, 0.2) is 18.2 Å². The maximum atomic E-state index is 11.6. The van der Waals surface area contributed by atoms with Gasteiger partial charge in [-0.3, -0.25) is 0 Å². The van der Waals surface area contributed by atoms with Gasteiger partial charge in [-0.1, -0.05) is 11.6 Å². The Kier molecular flexibility index (Phi) is 5.45. The Morgan fingerprint density at radius 3 is 2.35 bits per heavy atom. The molecule has 0 spiro atoms. The molecule has 1 aromatic rings. The van der Waals surface area contributed by atoms with Crippen molar-refractivity contribution in [3.8, 4) is 11.5 Å². The van der Waals surface area contributed by atoms with Crippen molar-refractivity contribution in [2.24, 2.45) is 0 Å². The number of esters is 1. The van der Waals surface area contributed by atoms with Crippen LogP contribution in [0.1, 0.15) is 26.3 Å². The minimum absolute atomic E-state index is 0.413. The van der Waals surface area contributed by atoms with Crippen LogP contribution in [0.5, 0.6) is 11.5 Å². The van der Waals surface area contributed by atoms with Crippen molar-refractivity contribution in [2.75, 3.05) is 14.2 Å². The Morgan fingerprint density at radius 2 is 1.85 bits per heavy atom. The molecule has 110 valence electrons. The molecular weight excluding hydrogens is 280 g/mol. The topological polar surface area (TPSA) is 44.8 Å². The van der Waals surface area contributed by atoms with E-state index in [1.54, 1.807) is 18.2 Å². The van der Waals surface area contributed by atoms with Gasteiger partial charge in [0.05, 0.1) is 19.2 Å². The summed E-state index contributed by atoms with van der Waals surface area (Å²) in [5.74, 6) is 0.552. The highest BCUT2D eigenvalue weighted by molar-refractivity contribution is 6.32. The molecule has 4 nitrogen and oxygen atoms in total. The number of methoxy groups -OCH3 is 2. The minimum Gasteiger partial charge on any atom is -0.493 e. The van der Waals surface area contributed by atoms with Crippen LogP contribution in [-0.2, 0) is 9.53 Å². The number of carbonyl (C=O) groups excluding carboxylic acids is 1. The molecule has 0 fully saturated rings. The summed E-state index contributed by atoms with van der Waals surface area (Å²) in [6.07, 6.45) is 2.96. The molecule has 0 bridgehead atoms. The van der Waals surface area contributed by atoms with Crippen molar-refractivity contribution in [1.82, 2.24) is 0 Å². The molecule has 0 aliphatic carbocycles. The van der Waals surface area contributed by atoms with Gasteiger partial charge in [-0.05, 0) is 44.5 Å². The standard InChI is InChI=1S/C15H19ClO4/c1-15(2,3)20-13(17)7-6-10-8-11(16)14(19-5)12(9-10)18-4/h6-9H,1-5H3/b7-6+. The first-order chi connectivity index (χ1) is 9.26. The zero-order chi connectivity index (χ0) is 15.3. The first-order valence-corrected chi connectivity index (χ1v) is 6.47. The molecule has 0 saturated heterocycles. The van der Waals surface area contributed by atoms with E-state index >= 15 is 0 Å². The van der Waals surface area contributed by atoms with Crippen LogP contribution in [0.2, 0.25) is 5.02 Å². The summed E-state index contributed by atoms with van der Waals surface area (Å²) < 4.78 is 15.5.